The molecule has 19 heavy (non-hydrogen) atoms. The number of hydrogen-bond donors (Lipinski definition) is 2. The fraction of sp³-hybridized carbons (Fsp3) is 1.00. The molecule has 114 valence electrons. The molecule has 0 atom stereocenters. The standard InChI is InChI=1S/C16H35N3/c1-4-5-6-7-8-9-10-18-15-16(2,3)19-13-11-17-12-14-19/h17-18H,4-15H2,1-3H3. The number of rotatable bonds is 10. The Morgan fingerprint density at radius 1 is 1.00 bits per heavy atom. The zero-order valence-electron chi connectivity index (χ0n) is 13.4. The van der Waals surface area contributed by atoms with Crippen LogP contribution in [0.2, 0.25) is 0 Å². The molecule has 3 heteroatoms. The molecule has 1 aliphatic heterocycles. The van der Waals surface area contributed by atoms with Gasteiger partial charge in [-0.3, -0.25) is 4.90 Å². The minimum absolute atomic E-state index is 0.296. The minimum Gasteiger partial charge on any atom is -0.315 e. The van der Waals surface area contributed by atoms with Gasteiger partial charge in [0.1, 0.15) is 0 Å². The predicted octanol–water partition coefficient (Wildman–Crippen LogP) is 2.62. The Balaban J connectivity index is 2.00. The van der Waals surface area contributed by atoms with Crippen molar-refractivity contribution >= 4 is 0 Å². The molecule has 1 fully saturated rings. The van der Waals surface area contributed by atoms with E-state index in [1.165, 1.54) is 58.2 Å². The molecular formula is C16H35N3. The third-order valence-corrected chi connectivity index (χ3v) is 4.24. The fourth-order valence-corrected chi connectivity index (χ4v) is 2.81. The molecule has 1 rings (SSSR count). The van der Waals surface area contributed by atoms with Crippen LogP contribution in [-0.2, 0) is 0 Å². The van der Waals surface area contributed by atoms with Gasteiger partial charge in [0.05, 0.1) is 0 Å². The van der Waals surface area contributed by atoms with Gasteiger partial charge in [0.25, 0.3) is 0 Å². The summed E-state index contributed by atoms with van der Waals surface area (Å²) >= 11 is 0. The largest absolute Gasteiger partial charge is 0.315 e. The predicted molar refractivity (Wildman–Crippen MR) is 84.8 cm³/mol. The molecule has 0 aromatic rings. The SMILES string of the molecule is CCCCCCCCNCC(C)(C)N1CCNCC1. The molecule has 0 saturated carbocycles. The van der Waals surface area contributed by atoms with Gasteiger partial charge in [0, 0.05) is 38.3 Å². The summed E-state index contributed by atoms with van der Waals surface area (Å²) in [6.07, 6.45) is 8.31. The molecule has 0 radical (unpaired) electrons. The number of piperazine rings is 1. The molecule has 2 N–H and O–H groups in total. The second-order valence-corrected chi connectivity index (χ2v) is 6.49. The quantitative estimate of drug-likeness (QED) is 0.597. The highest BCUT2D eigenvalue weighted by Gasteiger charge is 2.26. The van der Waals surface area contributed by atoms with Gasteiger partial charge in [-0.2, -0.15) is 0 Å². The Hall–Kier alpha value is -0.120. The number of hydrogen-bond acceptors (Lipinski definition) is 3. The van der Waals surface area contributed by atoms with Gasteiger partial charge in [0.2, 0.25) is 0 Å². The summed E-state index contributed by atoms with van der Waals surface area (Å²) in [4.78, 5) is 2.61. The summed E-state index contributed by atoms with van der Waals surface area (Å²) in [5, 5.41) is 7.08. The number of nitrogens with zero attached hydrogens (tertiary/aromatic N) is 1. The molecule has 3 nitrogen and oxygen atoms in total. The first kappa shape index (κ1) is 16.9. The van der Waals surface area contributed by atoms with Gasteiger partial charge in [-0.05, 0) is 26.8 Å². The zero-order valence-corrected chi connectivity index (χ0v) is 13.4. The minimum atomic E-state index is 0.296. The maximum atomic E-state index is 3.65. The van der Waals surface area contributed by atoms with Gasteiger partial charge in [0.15, 0.2) is 0 Å². The van der Waals surface area contributed by atoms with Crippen molar-refractivity contribution in [2.45, 2.75) is 64.8 Å². The second kappa shape index (κ2) is 9.73. The first-order valence-corrected chi connectivity index (χ1v) is 8.33. The van der Waals surface area contributed by atoms with Crippen LogP contribution in [0.25, 0.3) is 0 Å². The van der Waals surface area contributed by atoms with E-state index >= 15 is 0 Å². The van der Waals surface area contributed by atoms with E-state index in [1.807, 2.05) is 0 Å². The average molecular weight is 269 g/mol. The lowest BCUT2D eigenvalue weighted by Gasteiger charge is -2.41. The first-order valence-electron chi connectivity index (χ1n) is 8.33. The van der Waals surface area contributed by atoms with E-state index < -0.39 is 0 Å². The zero-order chi connectivity index (χ0) is 14.0. The summed E-state index contributed by atoms with van der Waals surface area (Å²) in [6, 6.07) is 0. The van der Waals surface area contributed by atoms with E-state index in [1.54, 1.807) is 0 Å². The molecule has 1 heterocycles. The Morgan fingerprint density at radius 3 is 2.32 bits per heavy atom. The Kier molecular flexibility index (Phi) is 8.67. The van der Waals surface area contributed by atoms with Crippen molar-refractivity contribution in [3.05, 3.63) is 0 Å². The summed E-state index contributed by atoms with van der Waals surface area (Å²) in [6.45, 7) is 14.0. The lowest BCUT2D eigenvalue weighted by Crippen LogP contribution is -2.57. The molecule has 0 aromatic heterocycles. The van der Waals surface area contributed by atoms with Crippen LogP contribution in [0.3, 0.4) is 0 Å². The maximum Gasteiger partial charge on any atom is 0.0278 e. The second-order valence-electron chi connectivity index (χ2n) is 6.49. The van der Waals surface area contributed by atoms with Crippen LogP contribution in [0.1, 0.15) is 59.3 Å². The van der Waals surface area contributed by atoms with Gasteiger partial charge in [-0.1, -0.05) is 39.0 Å². The molecule has 1 aliphatic rings. The van der Waals surface area contributed by atoms with Crippen molar-refractivity contribution in [2.75, 3.05) is 39.3 Å². The highest BCUT2D eigenvalue weighted by molar-refractivity contribution is 4.86. The topological polar surface area (TPSA) is 27.3 Å². The number of unbranched alkanes of at least 4 members (excludes halogenated alkanes) is 5. The highest BCUT2D eigenvalue weighted by atomic mass is 15.2. The van der Waals surface area contributed by atoms with E-state index in [0.29, 0.717) is 5.54 Å². The summed E-state index contributed by atoms with van der Waals surface area (Å²) in [5.74, 6) is 0. The van der Waals surface area contributed by atoms with Crippen molar-refractivity contribution in [3.8, 4) is 0 Å². The van der Waals surface area contributed by atoms with E-state index in [9.17, 15) is 0 Å². The molecular weight excluding hydrogens is 234 g/mol. The maximum absolute atomic E-state index is 3.65. The van der Waals surface area contributed by atoms with Crippen LogP contribution >= 0.6 is 0 Å². The first-order chi connectivity index (χ1) is 9.17. The molecule has 0 unspecified atom stereocenters. The lowest BCUT2D eigenvalue weighted by atomic mass is 10.0. The molecule has 0 aromatic carbocycles. The molecule has 0 bridgehead atoms. The van der Waals surface area contributed by atoms with Gasteiger partial charge in [-0.15, -0.1) is 0 Å². The Morgan fingerprint density at radius 2 is 1.63 bits per heavy atom. The summed E-state index contributed by atoms with van der Waals surface area (Å²) in [7, 11) is 0. The average Bonchev–Trinajstić information content (AvgIpc) is 2.43. The summed E-state index contributed by atoms with van der Waals surface area (Å²) in [5.41, 5.74) is 0.296. The van der Waals surface area contributed by atoms with Crippen molar-refractivity contribution in [1.82, 2.24) is 15.5 Å². The van der Waals surface area contributed by atoms with Gasteiger partial charge >= 0.3 is 0 Å². The van der Waals surface area contributed by atoms with Crippen molar-refractivity contribution in [2.24, 2.45) is 0 Å². The van der Waals surface area contributed by atoms with E-state index in [2.05, 4.69) is 36.3 Å². The van der Waals surface area contributed by atoms with E-state index in [0.717, 1.165) is 19.6 Å². The van der Waals surface area contributed by atoms with Gasteiger partial charge in [-0.25, -0.2) is 0 Å². The van der Waals surface area contributed by atoms with Crippen LogP contribution < -0.4 is 10.6 Å². The molecule has 0 spiro atoms. The smallest absolute Gasteiger partial charge is 0.0278 e. The monoisotopic (exact) mass is 269 g/mol. The molecule has 0 aliphatic carbocycles. The number of nitrogens with one attached hydrogen (secondary N) is 2. The Labute approximate surface area is 120 Å². The lowest BCUT2D eigenvalue weighted by molar-refractivity contribution is 0.102. The van der Waals surface area contributed by atoms with Crippen LogP contribution in [0, 0.1) is 0 Å². The fourth-order valence-electron chi connectivity index (χ4n) is 2.81. The molecule has 1 saturated heterocycles. The van der Waals surface area contributed by atoms with Crippen molar-refractivity contribution < 1.29 is 0 Å². The van der Waals surface area contributed by atoms with E-state index in [4.69, 9.17) is 0 Å². The molecule has 0 amide bonds. The Bertz CT molecular complexity index is 210. The normalized spacial score (nSPS) is 17.8. The van der Waals surface area contributed by atoms with Crippen LogP contribution in [0.15, 0.2) is 0 Å². The van der Waals surface area contributed by atoms with Crippen LogP contribution in [-0.4, -0.2) is 49.7 Å². The van der Waals surface area contributed by atoms with Crippen LogP contribution in [0.5, 0.6) is 0 Å². The van der Waals surface area contributed by atoms with E-state index in [-0.39, 0.29) is 0 Å². The van der Waals surface area contributed by atoms with Gasteiger partial charge < -0.3 is 10.6 Å². The van der Waals surface area contributed by atoms with Crippen molar-refractivity contribution in [3.63, 3.8) is 0 Å². The van der Waals surface area contributed by atoms with Crippen molar-refractivity contribution in [1.29, 1.82) is 0 Å². The van der Waals surface area contributed by atoms with Crippen LogP contribution in [0.4, 0.5) is 0 Å². The highest BCUT2D eigenvalue weighted by Crippen LogP contribution is 2.13. The third-order valence-electron chi connectivity index (χ3n) is 4.24. The third kappa shape index (κ3) is 7.28. The summed E-state index contributed by atoms with van der Waals surface area (Å²) < 4.78 is 0.